The molecule has 0 saturated carbocycles. The molecule has 0 bridgehead atoms. The zero-order valence-corrected chi connectivity index (χ0v) is 11.3. The monoisotopic (exact) mass is 288 g/mol. The second-order valence-corrected chi connectivity index (χ2v) is 5.23. The summed E-state index contributed by atoms with van der Waals surface area (Å²) in [5.74, 6) is 0. The van der Waals surface area contributed by atoms with Crippen LogP contribution in [0.1, 0.15) is 0 Å². The van der Waals surface area contributed by atoms with Crippen molar-refractivity contribution in [3.8, 4) is 0 Å². The minimum absolute atomic E-state index is 0.524. The number of benzene rings is 4. The molecule has 4 rings (SSSR count). The van der Waals surface area contributed by atoms with E-state index in [9.17, 15) is 19.2 Å². The third-order valence-corrected chi connectivity index (χ3v) is 3.97. The zero-order valence-electron chi connectivity index (χ0n) is 11.3. The Balaban J connectivity index is 2.52. The largest absolute Gasteiger partial charge is 0.286 e. The Bertz CT molecular complexity index is 1190. The van der Waals surface area contributed by atoms with Crippen LogP contribution in [0.3, 0.4) is 0 Å². The maximum atomic E-state index is 11.7. The zero-order chi connectivity index (χ0) is 15.4. The quantitative estimate of drug-likeness (QED) is 0.363. The highest BCUT2D eigenvalue weighted by atomic mass is 16.2. The highest BCUT2D eigenvalue weighted by Gasteiger charge is 2.11. The van der Waals surface area contributed by atoms with Crippen LogP contribution in [-0.2, 0) is 0 Å². The first kappa shape index (κ1) is 12.6. The maximum Gasteiger partial charge on any atom is 0.226 e. The first-order chi connectivity index (χ1) is 10.6. The molecule has 0 amide bonds. The van der Waals surface area contributed by atoms with Gasteiger partial charge >= 0.3 is 0 Å². The van der Waals surface area contributed by atoms with Gasteiger partial charge in [0.1, 0.15) is 0 Å². The van der Waals surface area contributed by atoms with Gasteiger partial charge in [-0.3, -0.25) is 19.2 Å². The van der Waals surface area contributed by atoms with Gasteiger partial charge in [-0.2, -0.15) is 0 Å². The van der Waals surface area contributed by atoms with Gasteiger partial charge in [-0.15, -0.1) is 0 Å². The lowest BCUT2D eigenvalue weighted by Crippen LogP contribution is -2.22. The van der Waals surface area contributed by atoms with Crippen molar-refractivity contribution in [2.45, 2.75) is 0 Å². The molecular weight excluding hydrogens is 280 g/mol. The summed E-state index contributed by atoms with van der Waals surface area (Å²) < 4.78 is 0. The predicted molar refractivity (Wildman–Crippen MR) is 86.4 cm³/mol. The van der Waals surface area contributed by atoms with Gasteiger partial charge in [-0.05, 0) is 56.6 Å². The van der Waals surface area contributed by atoms with Crippen molar-refractivity contribution in [1.82, 2.24) is 0 Å². The summed E-state index contributed by atoms with van der Waals surface area (Å²) in [6.45, 7) is 0. The Kier molecular flexibility index (Phi) is 2.39. The molecule has 0 radical (unpaired) electrons. The molecule has 0 fully saturated rings. The SMILES string of the molecule is O=c1cc2c3ccccc3c3cc(=O)c(=O)cc3c2cc1=O. The van der Waals surface area contributed by atoms with Crippen LogP contribution < -0.4 is 21.7 Å². The smallest absolute Gasteiger partial charge is 0.226 e. The van der Waals surface area contributed by atoms with E-state index in [2.05, 4.69) is 0 Å². The summed E-state index contributed by atoms with van der Waals surface area (Å²) in [4.78, 5) is 46.8. The van der Waals surface area contributed by atoms with Gasteiger partial charge in [0.2, 0.25) is 21.7 Å². The fourth-order valence-electron chi connectivity index (χ4n) is 2.96. The van der Waals surface area contributed by atoms with Crippen LogP contribution in [-0.4, -0.2) is 0 Å². The summed E-state index contributed by atoms with van der Waals surface area (Å²) >= 11 is 0. The van der Waals surface area contributed by atoms with E-state index in [-0.39, 0.29) is 0 Å². The Hall–Kier alpha value is -3.14. The fourth-order valence-corrected chi connectivity index (χ4v) is 2.96. The number of fused-ring (bicyclic) bond motifs is 6. The Morgan fingerprint density at radius 2 is 0.682 bits per heavy atom. The molecule has 4 aromatic rings. The van der Waals surface area contributed by atoms with Crippen molar-refractivity contribution >= 4 is 32.3 Å². The van der Waals surface area contributed by atoms with Crippen LogP contribution in [0.25, 0.3) is 32.3 Å². The molecule has 0 spiro atoms. The van der Waals surface area contributed by atoms with Gasteiger partial charge in [-0.25, -0.2) is 0 Å². The standard InChI is InChI=1S/C18H8O4/c19-15-5-11-9-3-1-2-4-10(9)12-6-16(20)18(22)8-14(12)13(11)7-17(15)21/h1-8H. The van der Waals surface area contributed by atoms with Crippen molar-refractivity contribution in [2.24, 2.45) is 0 Å². The third kappa shape index (κ3) is 1.58. The van der Waals surface area contributed by atoms with E-state index in [0.717, 1.165) is 10.8 Å². The Morgan fingerprint density at radius 1 is 0.409 bits per heavy atom. The van der Waals surface area contributed by atoms with Gasteiger partial charge in [0.25, 0.3) is 0 Å². The van der Waals surface area contributed by atoms with Gasteiger partial charge in [0.05, 0.1) is 0 Å². The molecule has 0 atom stereocenters. The summed E-state index contributed by atoms with van der Waals surface area (Å²) in [6.07, 6.45) is 0. The molecule has 0 aliphatic heterocycles. The summed E-state index contributed by atoms with van der Waals surface area (Å²) in [5, 5.41) is 3.84. The molecule has 4 aromatic carbocycles. The third-order valence-electron chi connectivity index (χ3n) is 3.97. The average Bonchev–Trinajstić information content (AvgIpc) is 2.51. The summed E-state index contributed by atoms with van der Waals surface area (Å²) in [7, 11) is 0. The lowest BCUT2D eigenvalue weighted by atomic mass is 9.94. The first-order valence-electron chi connectivity index (χ1n) is 6.70. The van der Waals surface area contributed by atoms with Crippen molar-refractivity contribution in [3.63, 3.8) is 0 Å². The highest BCUT2D eigenvalue weighted by Crippen LogP contribution is 2.32. The second-order valence-electron chi connectivity index (χ2n) is 5.23. The molecule has 104 valence electrons. The van der Waals surface area contributed by atoms with Crippen LogP contribution in [0.15, 0.2) is 67.7 Å². The molecule has 0 saturated heterocycles. The molecule has 4 nitrogen and oxygen atoms in total. The fraction of sp³-hybridized carbons (Fsp3) is 0. The van der Waals surface area contributed by atoms with Crippen LogP contribution >= 0.6 is 0 Å². The van der Waals surface area contributed by atoms with Crippen LogP contribution in [0.2, 0.25) is 0 Å². The average molecular weight is 288 g/mol. The lowest BCUT2D eigenvalue weighted by molar-refractivity contribution is 1.52. The number of rotatable bonds is 0. The van der Waals surface area contributed by atoms with Crippen molar-refractivity contribution < 1.29 is 0 Å². The number of hydrogen-bond acceptors (Lipinski definition) is 4. The first-order valence-corrected chi connectivity index (χ1v) is 6.70. The molecule has 4 heteroatoms. The topological polar surface area (TPSA) is 68.3 Å². The normalized spacial score (nSPS) is 11.5. The molecule has 0 N–H and O–H groups in total. The molecule has 0 aliphatic rings. The minimum Gasteiger partial charge on any atom is -0.286 e. The van der Waals surface area contributed by atoms with Crippen LogP contribution in [0, 0.1) is 0 Å². The maximum absolute atomic E-state index is 11.7. The molecule has 0 heterocycles. The van der Waals surface area contributed by atoms with E-state index in [4.69, 9.17) is 0 Å². The van der Waals surface area contributed by atoms with E-state index < -0.39 is 21.7 Å². The minimum atomic E-state index is -0.622. The van der Waals surface area contributed by atoms with E-state index in [0.29, 0.717) is 21.5 Å². The molecule has 0 aliphatic carbocycles. The highest BCUT2D eigenvalue weighted by molar-refractivity contribution is 6.25. The van der Waals surface area contributed by atoms with Gasteiger partial charge in [0.15, 0.2) is 0 Å². The Morgan fingerprint density at radius 3 is 1.00 bits per heavy atom. The van der Waals surface area contributed by atoms with E-state index in [1.807, 2.05) is 24.3 Å². The van der Waals surface area contributed by atoms with Gasteiger partial charge < -0.3 is 0 Å². The van der Waals surface area contributed by atoms with Crippen LogP contribution in [0.4, 0.5) is 0 Å². The van der Waals surface area contributed by atoms with Crippen molar-refractivity contribution in [1.29, 1.82) is 0 Å². The Labute approximate surface area is 122 Å². The van der Waals surface area contributed by atoms with Crippen LogP contribution in [0.5, 0.6) is 0 Å². The molecule has 22 heavy (non-hydrogen) atoms. The van der Waals surface area contributed by atoms with Gasteiger partial charge in [-0.1, -0.05) is 24.3 Å². The lowest BCUT2D eigenvalue weighted by Gasteiger charge is -2.08. The van der Waals surface area contributed by atoms with E-state index in [1.54, 1.807) is 0 Å². The molecule has 0 unspecified atom stereocenters. The number of hydrogen-bond donors (Lipinski definition) is 0. The molecule has 0 aromatic heterocycles. The summed E-state index contributed by atoms with van der Waals surface area (Å²) in [6, 6.07) is 12.4. The van der Waals surface area contributed by atoms with E-state index in [1.165, 1.54) is 24.3 Å². The second kappa shape index (κ2) is 4.18. The van der Waals surface area contributed by atoms with Gasteiger partial charge in [0, 0.05) is 0 Å². The predicted octanol–water partition coefficient (Wildman–Crippen LogP) is 1.46. The van der Waals surface area contributed by atoms with E-state index >= 15 is 0 Å². The van der Waals surface area contributed by atoms with Crippen molar-refractivity contribution in [3.05, 3.63) is 89.4 Å². The summed E-state index contributed by atoms with van der Waals surface area (Å²) in [5.41, 5.74) is -2.41. The molecular formula is C18H8O4. The van der Waals surface area contributed by atoms with Crippen molar-refractivity contribution in [2.75, 3.05) is 0 Å².